The molecule has 144 valence electrons. The summed E-state index contributed by atoms with van der Waals surface area (Å²) in [6.07, 6.45) is 10.2. The van der Waals surface area contributed by atoms with Crippen molar-refractivity contribution in [3.63, 3.8) is 0 Å². The van der Waals surface area contributed by atoms with Crippen molar-refractivity contribution in [1.82, 2.24) is 15.1 Å². The van der Waals surface area contributed by atoms with Crippen LogP contribution in [0.15, 0.2) is 0 Å². The molecular weight excluding hydrogens is 330 g/mol. The Hall–Kier alpha value is -1.59. The van der Waals surface area contributed by atoms with E-state index in [1.807, 2.05) is 4.90 Å². The third-order valence-electron chi connectivity index (χ3n) is 7.23. The van der Waals surface area contributed by atoms with Crippen molar-refractivity contribution in [3.05, 3.63) is 0 Å². The average molecular weight is 361 g/mol. The lowest BCUT2D eigenvalue weighted by molar-refractivity contribution is -0.143. The van der Waals surface area contributed by atoms with Crippen LogP contribution in [0.2, 0.25) is 0 Å². The molecule has 2 atom stereocenters. The van der Waals surface area contributed by atoms with Gasteiger partial charge in [-0.15, -0.1) is 0 Å². The first-order valence-electron chi connectivity index (χ1n) is 10.4. The van der Waals surface area contributed by atoms with Gasteiger partial charge in [0.25, 0.3) is 5.91 Å². The quantitative estimate of drug-likeness (QED) is 0.769. The molecule has 4 aliphatic rings. The summed E-state index contributed by atoms with van der Waals surface area (Å²) in [5.74, 6) is 0.972. The molecule has 26 heavy (non-hydrogen) atoms. The molecule has 4 rings (SSSR count). The molecule has 4 amide bonds. The van der Waals surface area contributed by atoms with E-state index in [-0.39, 0.29) is 24.4 Å². The van der Waals surface area contributed by atoms with Crippen molar-refractivity contribution in [3.8, 4) is 0 Å². The van der Waals surface area contributed by atoms with Crippen LogP contribution in [-0.2, 0) is 9.59 Å². The number of carbonyl (C=O) groups is 3. The van der Waals surface area contributed by atoms with Gasteiger partial charge in [-0.25, -0.2) is 4.79 Å². The summed E-state index contributed by atoms with van der Waals surface area (Å²) in [5.41, 5.74) is -0.751. The molecule has 0 aromatic heterocycles. The van der Waals surface area contributed by atoms with Crippen LogP contribution >= 0.6 is 0 Å². The Kier molecular flexibility index (Phi) is 4.70. The summed E-state index contributed by atoms with van der Waals surface area (Å²) >= 11 is 0. The second kappa shape index (κ2) is 6.86. The summed E-state index contributed by atoms with van der Waals surface area (Å²) < 4.78 is 0. The van der Waals surface area contributed by atoms with E-state index in [9.17, 15) is 14.4 Å². The molecule has 0 bridgehead atoms. The second-order valence-electron chi connectivity index (χ2n) is 8.93. The minimum atomic E-state index is -0.751. The van der Waals surface area contributed by atoms with Gasteiger partial charge in [0.1, 0.15) is 12.1 Å². The Balaban J connectivity index is 1.44. The topological polar surface area (TPSA) is 69.7 Å². The fraction of sp³-hybridized carbons (Fsp3) is 0.850. The average Bonchev–Trinajstić information content (AvgIpc) is 2.88. The molecule has 2 heterocycles. The highest BCUT2D eigenvalue weighted by atomic mass is 16.2. The molecule has 6 heteroatoms. The number of piperidine rings is 1. The number of amides is 4. The number of urea groups is 1. The van der Waals surface area contributed by atoms with Crippen molar-refractivity contribution >= 4 is 17.8 Å². The van der Waals surface area contributed by atoms with Crippen LogP contribution < -0.4 is 5.32 Å². The molecule has 0 aromatic carbocycles. The lowest BCUT2D eigenvalue weighted by Crippen LogP contribution is -2.53. The third kappa shape index (κ3) is 3.01. The molecule has 2 saturated carbocycles. The van der Waals surface area contributed by atoms with Gasteiger partial charge in [-0.3, -0.25) is 14.5 Å². The maximum atomic E-state index is 13.0. The van der Waals surface area contributed by atoms with E-state index < -0.39 is 5.54 Å². The van der Waals surface area contributed by atoms with E-state index in [1.54, 1.807) is 0 Å². The van der Waals surface area contributed by atoms with Gasteiger partial charge < -0.3 is 10.2 Å². The minimum Gasteiger partial charge on any atom is -0.338 e. The van der Waals surface area contributed by atoms with E-state index in [1.165, 1.54) is 30.6 Å². The first kappa shape index (κ1) is 17.8. The Bertz CT molecular complexity index is 595. The van der Waals surface area contributed by atoms with Crippen molar-refractivity contribution in [2.24, 2.45) is 11.8 Å². The number of nitrogens with zero attached hydrogens (tertiary/aromatic N) is 2. The summed E-state index contributed by atoms with van der Waals surface area (Å²) in [4.78, 5) is 41.6. The largest absolute Gasteiger partial charge is 0.338 e. The molecule has 4 fully saturated rings. The van der Waals surface area contributed by atoms with Crippen molar-refractivity contribution in [2.45, 2.75) is 82.7 Å². The van der Waals surface area contributed by atoms with Crippen LogP contribution in [-0.4, -0.2) is 52.3 Å². The van der Waals surface area contributed by atoms with Gasteiger partial charge in [-0.2, -0.15) is 0 Å². The van der Waals surface area contributed by atoms with E-state index in [0.717, 1.165) is 32.2 Å². The van der Waals surface area contributed by atoms with Crippen LogP contribution in [0.5, 0.6) is 0 Å². The van der Waals surface area contributed by atoms with E-state index in [2.05, 4.69) is 12.2 Å². The van der Waals surface area contributed by atoms with Gasteiger partial charge in [-0.05, 0) is 63.2 Å². The Morgan fingerprint density at radius 3 is 2.54 bits per heavy atom. The first-order chi connectivity index (χ1) is 12.5. The smallest absolute Gasteiger partial charge is 0.325 e. The van der Waals surface area contributed by atoms with E-state index in [0.29, 0.717) is 30.7 Å². The lowest BCUT2D eigenvalue weighted by atomic mass is 9.77. The predicted octanol–water partition coefficient (Wildman–Crippen LogP) is 2.67. The SMILES string of the molecule is CC1CCC2(CC1)NC(=O)N(CC(=O)N1CCCC3CCCCC31)C2=O. The zero-order valence-corrected chi connectivity index (χ0v) is 15.8. The number of rotatable bonds is 2. The maximum absolute atomic E-state index is 13.0. The van der Waals surface area contributed by atoms with Gasteiger partial charge in [0, 0.05) is 12.6 Å². The van der Waals surface area contributed by atoms with Crippen LogP contribution in [0.1, 0.15) is 71.1 Å². The summed E-state index contributed by atoms with van der Waals surface area (Å²) in [5, 5.41) is 2.92. The second-order valence-corrected chi connectivity index (χ2v) is 8.93. The number of hydrogen-bond donors (Lipinski definition) is 1. The fourth-order valence-corrected chi connectivity index (χ4v) is 5.57. The molecule has 0 radical (unpaired) electrons. The molecule has 2 aliphatic carbocycles. The van der Waals surface area contributed by atoms with Crippen LogP contribution in [0, 0.1) is 11.8 Å². The first-order valence-corrected chi connectivity index (χ1v) is 10.4. The molecule has 0 aromatic rings. The fourth-order valence-electron chi connectivity index (χ4n) is 5.57. The Morgan fingerprint density at radius 2 is 1.77 bits per heavy atom. The number of carbonyl (C=O) groups excluding carboxylic acids is 3. The maximum Gasteiger partial charge on any atom is 0.325 e. The standard InChI is InChI=1S/C20H31N3O3/c1-14-8-10-20(11-9-14)18(25)23(19(26)21-20)13-17(24)22-12-4-6-15-5-2-3-7-16(15)22/h14-16H,2-13H2,1H3,(H,21,26). The normalized spacial score (nSPS) is 37.7. The number of likely N-dealkylation sites (tertiary alicyclic amines) is 1. The predicted molar refractivity (Wildman–Crippen MR) is 97.3 cm³/mol. The van der Waals surface area contributed by atoms with Gasteiger partial charge in [0.2, 0.25) is 5.91 Å². The van der Waals surface area contributed by atoms with E-state index in [4.69, 9.17) is 0 Å². The monoisotopic (exact) mass is 361 g/mol. The van der Waals surface area contributed by atoms with Gasteiger partial charge in [0.05, 0.1) is 0 Å². The van der Waals surface area contributed by atoms with Crippen molar-refractivity contribution in [1.29, 1.82) is 0 Å². The number of nitrogens with one attached hydrogen (secondary N) is 1. The van der Waals surface area contributed by atoms with Gasteiger partial charge in [-0.1, -0.05) is 19.8 Å². The number of imide groups is 1. The minimum absolute atomic E-state index is 0.0497. The summed E-state index contributed by atoms with van der Waals surface area (Å²) in [6, 6.07) is -0.0645. The van der Waals surface area contributed by atoms with Crippen LogP contribution in [0.4, 0.5) is 4.79 Å². The lowest BCUT2D eigenvalue weighted by Gasteiger charge is -2.44. The Morgan fingerprint density at radius 1 is 1.08 bits per heavy atom. The van der Waals surface area contributed by atoms with Crippen LogP contribution in [0.25, 0.3) is 0 Å². The van der Waals surface area contributed by atoms with E-state index >= 15 is 0 Å². The molecular formula is C20H31N3O3. The highest BCUT2D eigenvalue weighted by Gasteiger charge is 2.52. The molecule has 2 aliphatic heterocycles. The van der Waals surface area contributed by atoms with Gasteiger partial charge in [0.15, 0.2) is 0 Å². The highest BCUT2D eigenvalue weighted by molar-refractivity contribution is 6.09. The molecule has 6 nitrogen and oxygen atoms in total. The summed E-state index contributed by atoms with van der Waals surface area (Å²) in [6.45, 7) is 2.86. The zero-order valence-electron chi connectivity index (χ0n) is 15.8. The van der Waals surface area contributed by atoms with Crippen molar-refractivity contribution in [2.75, 3.05) is 13.1 Å². The summed E-state index contributed by atoms with van der Waals surface area (Å²) in [7, 11) is 0. The van der Waals surface area contributed by atoms with Gasteiger partial charge >= 0.3 is 6.03 Å². The Labute approximate surface area is 155 Å². The zero-order chi connectivity index (χ0) is 18.3. The van der Waals surface area contributed by atoms with Crippen LogP contribution in [0.3, 0.4) is 0 Å². The molecule has 2 unspecified atom stereocenters. The molecule has 1 spiro atoms. The molecule has 2 saturated heterocycles. The highest BCUT2D eigenvalue weighted by Crippen LogP contribution is 2.37. The number of hydrogen-bond acceptors (Lipinski definition) is 3. The third-order valence-corrected chi connectivity index (χ3v) is 7.23. The van der Waals surface area contributed by atoms with Crippen molar-refractivity contribution < 1.29 is 14.4 Å². The molecule has 1 N–H and O–H groups in total. The number of fused-ring (bicyclic) bond motifs is 1.